The van der Waals surface area contributed by atoms with E-state index in [-0.39, 0.29) is 13.1 Å². The van der Waals surface area contributed by atoms with Crippen molar-refractivity contribution in [3.05, 3.63) is 59.4 Å². The first-order valence-corrected chi connectivity index (χ1v) is 7.89. The van der Waals surface area contributed by atoms with Crippen LogP contribution in [0.3, 0.4) is 0 Å². The molecule has 0 fully saturated rings. The molecule has 0 radical (unpaired) electrons. The third kappa shape index (κ3) is 3.31. The van der Waals surface area contributed by atoms with E-state index in [0.717, 1.165) is 16.9 Å². The van der Waals surface area contributed by atoms with E-state index in [9.17, 15) is 17.6 Å². The van der Waals surface area contributed by atoms with Gasteiger partial charge in [-0.25, -0.2) is 0 Å². The van der Waals surface area contributed by atoms with Crippen LogP contribution >= 0.6 is 0 Å². The van der Waals surface area contributed by atoms with Gasteiger partial charge in [-0.05, 0) is 25.0 Å². The molecule has 25 heavy (non-hydrogen) atoms. The fourth-order valence-corrected chi connectivity index (χ4v) is 2.88. The first kappa shape index (κ1) is 17.3. The summed E-state index contributed by atoms with van der Waals surface area (Å²) in [6.45, 7) is 2.73. The van der Waals surface area contributed by atoms with Gasteiger partial charge in [-0.1, -0.05) is 24.3 Å². The van der Waals surface area contributed by atoms with Gasteiger partial charge in [-0.3, -0.25) is 0 Å². The highest BCUT2D eigenvalue weighted by molar-refractivity contribution is 5.73. The second kappa shape index (κ2) is 7.13. The molecule has 0 atom stereocenters. The van der Waals surface area contributed by atoms with E-state index in [0.29, 0.717) is 13.0 Å². The van der Waals surface area contributed by atoms with Crippen LogP contribution in [-0.4, -0.2) is 24.7 Å². The smallest absolute Gasteiger partial charge is 0.253 e. The fourth-order valence-electron chi connectivity index (χ4n) is 2.88. The molecular formula is C18H16F4N2O. The van der Waals surface area contributed by atoms with Crippen molar-refractivity contribution in [2.75, 3.05) is 24.6 Å². The third-order valence-corrected chi connectivity index (χ3v) is 4.03. The van der Waals surface area contributed by atoms with Gasteiger partial charge in [0, 0.05) is 18.7 Å². The second-order valence-corrected chi connectivity index (χ2v) is 5.52. The number of para-hydroxylation sites is 1. The monoisotopic (exact) mass is 352 g/mol. The number of benzene rings is 1. The van der Waals surface area contributed by atoms with E-state index in [1.807, 2.05) is 31.2 Å². The quantitative estimate of drug-likeness (QED) is 0.605. The number of aromatic nitrogens is 1. The van der Waals surface area contributed by atoms with Crippen molar-refractivity contribution in [3.63, 3.8) is 0 Å². The minimum absolute atomic E-state index is 0.118. The normalized spacial score (nSPS) is 14.4. The van der Waals surface area contributed by atoms with E-state index >= 15 is 0 Å². The van der Waals surface area contributed by atoms with Gasteiger partial charge in [-0.15, -0.1) is 0 Å². The lowest BCUT2D eigenvalue weighted by Crippen LogP contribution is -2.31. The molecule has 0 saturated carbocycles. The topological polar surface area (TPSA) is 25.4 Å². The highest BCUT2D eigenvalue weighted by atomic mass is 19.2. The number of anilines is 1. The number of ether oxygens (including phenoxy) is 1. The maximum atomic E-state index is 13.9. The van der Waals surface area contributed by atoms with Crippen molar-refractivity contribution in [2.45, 2.75) is 13.3 Å². The lowest BCUT2D eigenvalue weighted by Gasteiger charge is -2.29. The molecule has 1 aliphatic rings. The van der Waals surface area contributed by atoms with Crippen molar-refractivity contribution in [2.24, 2.45) is 0 Å². The van der Waals surface area contributed by atoms with Crippen LogP contribution in [0.25, 0.3) is 5.57 Å². The molecule has 1 aromatic carbocycles. The SMILES string of the molecule is CCOc1ccccc1C1=CCN(c2c(F)c(F)nc(F)c2F)CC1. The summed E-state index contributed by atoms with van der Waals surface area (Å²) in [7, 11) is 0. The zero-order valence-corrected chi connectivity index (χ0v) is 13.5. The van der Waals surface area contributed by atoms with E-state index in [1.54, 1.807) is 6.08 Å². The number of hydrogen-bond donors (Lipinski definition) is 0. The maximum absolute atomic E-state index is 13.9. The molecule has 0 N–H and O–H groups in total. The Hall–Kier alpha value is -2.57. The molecule has 0 saturated heterocycles. The van der Waals surface area contributed by atoms with Gasteiger partial charge in [0.1, 0.15) is 11.4 Å². The summed E-state index contributed by atoms with van der Waals surface area (Å²) in [5, 5.41) is 0. The van der Waals surface area contributed by atoms with E-state index < -0.39 is 29.2 Å². The van der Waals surface area contributed by atoms with E-state index in [1.165, 1.54) is 4.90 Å². The van der Waals surface area contributed by atoms with Crippen LogP contribution in [0.15, 0.2) is 30.3 Å². The summed E-state index contributed by atoms with van der Waals surface area (Å²) in [4.78, 5) is 3.84. The molecule has 1 aliphatic heterocycles. The van der Waals surface area contributed by atoms with Gasteiger partial charge in [0.25, 0.3) is 11.9 Å². The van der Waals surface area contributed by atoms with Gasteiger partial charge in [0.2, 0.25) is 11.6 Å². The molecule has 2 heterocycles. The second-order valence-electron chi connectivity index (χ2n) is 5.52. The van der Waals surface area contributed by atoms with Crippen LogP contribution in [0.4, 0.5) is 23.2 Å². The van der Waals surface area contributed by atoms with Crippen LogP contribution in [-0.2, 0) is 0 Å². The Morgan fingerprint density at radius 3 is 2.36 bits per heavy atom. The zero-order chi connectivity index (χ0) is 18.0. The summed E-state index contributed by atoms with van der Waals surface area (Å²) in [6.07, 6.45) is 2.23. The van der Waals surface area contributed by atoms with Crippen molar-refractivity contribution in [3.8, 4) is 5.75 Å². The Balaban J connectivity index is 1.90. The number of hydrogen-bond acceptors (Lipinski definition) is 3. The predicted octanol–water partition coefficient (Wildman–Crippen LogP) is 4.33. The first-order chi connectivity index (χ1) is 12.0. The first-order valence-electron chi connectivity index (χ1n) is 7.89. The molecule has 3 nitrogen and oxygen atoms in total. The Bertz CT molecular complexity index is 797. The standard InChI is InChI=1S/C18H16F4N2O/c1-2-25-13-6-4-3-5-12(13)11-7-9-24(10-8-11)16-14(19)17(21)23-18(22)15(16)20/h3-7H,2,8-10H2,1H3. The zero-order valence-electron chi connectivity index (χ0n) is 13.5. The molecule has 0 aliphatic carbocycles. The van der Waals surface area contributed by atoms with Gasteiger partial charge in [0.05, 0.1) is 6.61 Å². The number of rotatable bonds is 4. The lowest BCUT2D eigenvalue weighted by atomic mass is 9.98. The van der Waals surface area contributed by atoms with Crippen molar-refractivity contribution < 1.29 is 22.3 Å². The molecule has 7 heteroatoms. The van der Waals surface area contributed by atoms with Crippen molar-refractivity contribution in [1.82, 2.24) is 4.98 Å². The molecule has 0 unspecified atom stereocenters. The Labute approximate surface area is 142 Å². The highest BCUT2D eigenvalue weighted by Crippen LogP contribution is 2.33. The number of nitrogens with zero attached hydrogens (tertiary/aromatic N) is 2. The molecule has 1 aromatic heterocycles. The largest absolute Gasteiger partial charge is 0.493 e. The average Bonchev–Trinajstić information content (AvgIpc) is 2.62. The fraction of sp³-hybridized carbons (Fsp3) is 0.278. The van der Waals surface area contributed by atoms with Crippen LogP contribution in [0.5, 0.6) is 5.75 Å². The van der Waals surface area contributed by atoms with E-state index in [4.69, 9.17) is 4.74 Å². The van der Waals surface area contributed by atoms with Gasteiger partial charge >= 0.3 is 0 Å². The van der Waals surface area contributed by atoms with Gasteiger partial charge in [0.15, 0.2) is 0 Å². The molecule has 0 bridgehead atoms. The minimum Gasteiger partial charge on any atom is -0.493 e. The van der Waals surface area contributed by atoms with Crippen LogP contribution in [0.1, 0.15) is 18.9 Å². The summed E-state index contributed by atoms with van der Waals surface area (Å²) < 4.78 is 60.0. The van der Waals surface area contributed by atoms with Crippen LogP contribution < -0.4 is 9.64 Å². The maximum Gasteiger partial charge on any atom is 0.253 e. The summed E-state index contributed by atoms with van der Waals surface area (Å²) >= 11 is 0. The summed E-state index contributed by atoms with van der Waals surface area (Å²) in [5.74, 6) is -5.53. The molecule has 2 aromatic rings. The van der Waals surface area contributed by atoms with E-state index in [2.05, 4.69) is 4.98 Å². The van der Waals surface area contributed by atoms with Gasteiger partial charge < -0.3 is 9.64 Å². The predicted molar refractivity (Wildman–Crippen MR) is 86.5 cm³/mol. The Kier molecular flexibility index (Phi) is 4.92. The van der Waals surface area contributed by atoms with Crippen molar-refractivity contribution >= 4 is 11.3 Å². The summed E-state index contributed by atoms with van der Waals surface area (Å²) in [6, 6.07) is 7.48. The lowest BCUT2D eigenvalue weighted by molar-refractivity contribution is 0.339. The Morgan fingerprint density at radius 2 is 1.76 bits per heavy atom. The minimum atomic E-state index is -1.65. The highest BCUT2D eigenvalue weighted by Gasteiger charge is 2.27. The molecule has 0 spiro atoms. The molecule has 3 rings (SSSR count). The Morgan fingerprint density at radius 1 is 1.08 bits per heavy atom. The summed E-state index contributed by atoms with van der Waals surface area (Å²) in [5.41, 5.74) is 1.13. The van der Waals surface area contributed by atoms with Crippen molar-refractivity contribution in [1.29, 1.82) is 0 Å². The van der Waals surface area contributed by atoms with Gasteiger partial charge in [-0.2, -0.15) is 22.5 Å². The third-order valence-electron chi connectivity index (χ3n) is 4.03. The molecule has 132 valence electrons. The average molecular weight is 352 g/mol. The molecular weight excluding hydrogens is 336 g/mol. The van der Waals surface area contributed by atoms with Crippen LogP contribution in [0, 0.1) is 23.5 Å². The number of halogens is 4. The van der Waals surface area contributed by atoms with Crippen LogP contribution in [0.2, 0.25) is 0 Å². The molecule has 0 amide bonds. The number of pyridine rings is 1.